The van der Waals surface area contributed by atoms with Crippen molar-refractivity contribution >= 4 is 11.9 Å². The number of allylic oxidation sites excluding steroid dienone is 1. The number of aromatic hydroxyl groups is 2. The molecule has 0 heterocycles. The van der Waals surface area contributed by atoms with Crippen LogP contribution < -0.4 is 9.47 Å². The zero-order valence-electron chi connectivity index (χ0n) is 12.2. The molecular weight excluding hydrogens is 284 g/mol. The molecule has 2 aromatic carbocycles. The standard InChI is InChI=1S/C17H16O5/c1-21-13-5-3-4-11(8-13)6-7-14(19)17-15(20)9-12(18)10-16(17)22-2/h3-10,18,20H,1-2H3/b7-6+. The molecule has 22 heavy (non-hydrogen) atoms. The molecule has 2 rings (SSSR count). The molecule has 2 N–H and O–H groups in total. The topological polar surface area (TPSA) is 76.0 Å². The molecule has 0 radical (unpaired) electrons. The van der Waals surface area contributed by atoms with Crippen molar-refractivity contribution in [2.75, 3.05) is 14.2 Å². The van der Waals surface area contributed by atoms with Gasteiger partial charge in [0.2, 0.25) is 0 Å². The van der Waals surface area contributed by atoms with Crippen molar-refractivity contribution in [3.63, 3.8) is 0 Å². The van der Waals surface area contributed by atoms with Crippen LogP contribution in [0.1, 0.15) is 15.9 Å². The zero-order chi connectivity index (χ0) is 16.1. The average molecular weight is 300 g/mol. The molecule has 0 aliphatic carbocycles. The van der Waals surface area contributed by atoms with Crippen LogP contribution in [0.2, 0.25) is 0 Å². The molecule has 114 valence electrons. The van der Waals surface area contributed by atoms with Crippen LogP contribution in [-0.2, 0) is 0 Å². The predicted octanol–water partition coefficient (Wildman–Crippen LogP) is 3.01. The Bertz CT molecular complexity index is 719. The Kier molecular flexibility index (Phi) is 4.68. The van der Waals surface area contributed by atoms with Gasteiger partial charge in [-0.05, 0) is 23.8 Å². The molecule has 0 amide bonds. The fourth-order valence-electron chi connectivity index (χ4n) is 2.00. The molecule has 0 atom stereocenters. The Morgan fingerprint density at radius 1 is 1.09 bits per heavy atom. The number of ether oxygens (including phenoxy) is 2. The van der Waals surface area contributed by atoms with E-state index in [1.54, 1.807) is 25.3 Å². The van der Waals surface area contributed by atoms with Crippen molar-refractivity contribution in [1.29, 1.82) is 0 Å². The molecule has 5 heteroatoms. The number of methoxy groups -OCH3 is 2. The van der Waals surface area contributed by atoms with Gasteiger partial charge >= 0.3 is 0 Å². The fraction of sp³-hybridized carbons (Fsp3) is 0.118. The molecule has 0 aromatic heterocycles. The average Bonchev–Trinajstić information content (AvgIpc) is 2.52. The van der Waals surface area contributed by atoms with Crippen LogP contribution in [0.25, 0.3) is 6.08 Å². The Morgan fingerprint density at radius 3 is 2.55 bits per heavy atom. The number of benzene rings is 2. The maximum atomic E-state index is 12.2. The third kappa shape index (κ3) is 3.38. The summed E-state index contributed by atoms with van der Waals surface area (Å²) in [5.74, 6) is -0.158. The van der Waals surface area contributed by atoms with Crippen LogP contribution in [0.15, 0.2) is 42.5 Å². The monoisotopic (exact) mass is 300 g/mol. The summed E-state index contributed by atoms with van der Waals surface area (Å²) in [6.07, 6.45) is 2.93. The minimum atomic E-state index is -0.433. The van der Waals surface area contributed by atoms with E-state index in [4.69, 9.17) is 9.47 Å². The zero-order valence-corrected chi connectivity index (χ0v) is 12.2. The van der Waals surface area contributed by atoms with Crippen LogP contribution in [0, 0.1) is 0 Å². The molecule has 2 aromatic rings. The van der Waals surface area contributed by atoms with E-state index in [1.807, 2.05) is 12.1 Å². The third-order valence-corrected chi connectivity index (χ3v) is 3.05. The van der Waals surface area contributed by atoms with Crippen molar-refractivity contribution in [3.8, 4) is 23.0 Å². The van der Waals surface area contributed by atoms with Gasteiger partial charge in [-0.15, -0.1) is 0 Å². The Hall–Kier alpha value is -2.95. The normalized spacial score (nSPS) is 10.6. The number of carbonyl (C=O) groups excluding carboxylic acids is 1. The molecule has 0 saturated carbocycles. The van der Waals surface area contributed by atoms with Crippen LogP contribution in [0.3, 0.4) is 0 Å². The van der Waals surface area contributed by atoms with Crippen LogP contribution >= 0.6 is 0 Å². The predicted molar refractivity (Wildman–Crippen MR) is 82.7 cm³/mol. The van der Waals surface area contributed by atoms with E-state index < -0.39 is 5.78 Å². The second kappa shape index (κ2) is 6.67. The number of hydrogen-bond donors (Lipinski definition) is 2. The maximum Gasteiger partial charge on any atom is 0.193 e. The SMILES string of the molecule is COc1cccc(/C=C/C(=O)c2c(O)cc(O)cc2OC)c1. The number of ketones is 1. The number of phenols is 2. The Balaban J connectivity index is 2.31. The van der Waals surface area contributed by atoms with E-state index in [0.29, 0.717) is 5.75 Å². The van der Waals surface area contributed by atoms with Gasteiger partial charge in [-0.2, -0.15) is 0 Å². The van der Waals surface area contributed by atoms with Gasteiger partial charge < -0.3 is 19.7 Å². The van der Waals surface area contributed by atoms with Gasteiger partial charge in [-0.3, -0.25) is 4.79 Å². The first-order chi connectivity index (χ1) is 10.5. The summed E-state index contributed by atoms with van der Waals surface area (Å²) in [5, 5.41) is 19.3. The summed E-state index contributed by atoms with van der Waals surface area (Å²) >= 11 is 0. The van der Waals surface area contributed by atoms with Crippen LogP contribution in [-0.4, -0.2) is 30.2 Å². The highest BCUT2D eigenvalue weighted by atomic mass is 16.5. The lowest BCUT2D eigenvalue weighted by Gasteiger charge is -2.08. The fourth-order valence-corrected chi connectivity index (χ4v) is 2.00. The van der Waals surface area contributed by atoms with Gasteiger partial charge in [-0.1, -0.05) is 18.2 Å². The Morgan fingerprint density at radius 2 is 1.86 bits per heavy atom. The lowest BCUT2D eigenvalue weighted by molar-refractivity contribution is 0.104. The first kappa shape index (κ1) is 15.4. The van der Waals surface area contributed by atoms with Crippen molar-refractivity contribution < 1.29 is 24.5 Å². The highest BCUT2D eigenvalue weighted by Gasteiger charge is 2.16. The molecule has 0 spiro atoms. The van der Waals surface area contributed by atoms with Crippen molar-refractivity contribution in [1.82, 2.24) is 0 Å². The summed E-state index contributed by atoms with van der Waals surface area (Å²) in [6.45, 7) is 0. The summed E-state index contributed by atoms with van der Waals surface area (Å²) in [5.41, 5.74) is 0.782. The van der Waals surface area contributed by atoms with E-state index >= 15 is 0 Å². The van der Waals surface area contributed by atoms with Gasteiger partial charge in [-0.25, -0.2) is 0 Å². The van der Waals surface area contributed by atoms with E-state index in [-0.39, 0.29) is 22.8 Å². The molecule has 0 aliphatic rings. The molecule has 0 saturated heterocycles. The minimum Gasteiger partial charge on any atom is -0.508 e. The molecule has 0 unspecified atom stereocenters. The van der Waals surface area contributed by atoms with Gasteiger partial charge in [0.05, 0.1) is 14.2 Å². The van der Waals surface area contributed by atoms with E-state index in [2.05, 4.69) is 0 Å². The van der Waals surface area contributed by atoms with Gasteiger partial charge in [0.1, 0.15) is 28.6 Å². The first-order valence-electron chi connectivity index (χ1n) is 6.51. The van der Waals surface area contributed by atoms with Crippen molar-refractivity contribution in [2.45, 2.75) is 0 Å². The second-order valence-electron chi connectivity index (χ2n) is 4.52. The van der Waals surface area contributed by atoms with Gasteiger partial charge in [0.15, 0.2) is 5.78 Å². The van der Waals surface area contributed by atoms with Gasteiger partial charge in [0.25, 0.3) is 0 Å². The van der Waals surface area contributed by atoms with E-state index in [1.165, 1.54) is 19.3 Å². The van der Waals surface area contributed by atoms with E-state index in [9.17, 15) is 15.0 Å². The quantitative estimate of drug-likeness (QED) is 0.655. The summed E-state index contributed by atoms with van der Waals surface area (Å²) in [7, 11) is 2.92. The Labute approximate surface area is 128 Å². The first-order valence-corrected chi connectivity index (χ1v) is 6.51. The van der Waals surface area contributed by atoms with Crippen molar-refractivity contribution in [3.05, 3.63) is 53.6 Å². The summed E-state index contributed by atoms with van der Waals surface area (Å²) in [6, 6.07) is 9.56. The van der Waals surface area contributed by atoms with E-state index in [0.717, 1.165) is 11.6 Å². The molecule has 0 fully saturated rings. The van der Waals surface area contributed by atoms with Gasteiger partial charge in [0, 0.05) is 12.1 Å². The van der Waals surface area contributed by atoms with Crippen LogP contribution in [0.5, 0.6) is 23.0 Å². The van der Waals surface area contributed by atoms with Crippen molar-refractivity contribution in [2.24, 2.45) is 0 Å². The minimum absolute atomic E-state index is 0.000513. The number of phenolic OH excluding ortho intramolecular Hbond substituents is 2. The summed E-state index contributed by atoms with van der Waals surface area (Å²) < 4.78 is 10.1. The molecular formula is C17H16O5. The third-order valence-electron chi connectivity index (χ3n) is 3.05. The number of rotatable bonds is 5. The number of hydrogen-bond acceptors (Lipinski definition) is 5. The number of carbonyl (C=O) groups is 1. The highest BCUT2D eigenvalue weighted by Crippen LogP contribution is 2.33. The lowest BCUT2D eigenvalue weighted by atomic mass is 10.1. The summed E-state index contributed by atoms with van der Waals surface area (Å²) in [4.78, 5) is 12.2. The molecule has 0 bridgehead atoms. The lowest BCUT2D eigenvalue weighted by Crippen LogP contribution is -1.99. The highest BCUT2D eigenvalue weighted by molar-refractivity contribution is 6.10. The second-order valence-corrected chi connectivity index (χ2v) is 4.52. The largest absolute Gasteiger partial charge is 0.508 e. The van der Waals surface area contributed by atoms with Crippen LogP contribution in [0.4, 0.5) is 0 Å². The molecule has 5 nitrogen and oxygen atoms in total. The maximum absolute atomic E-state index is 12.2. The molecule has 0 aliphatic heterocycles. The smallest absolute Gasteiger partial charge is 0.193 e.